The van der Waals surface area contributed by atoms with Crippen molar-refractivity contribution in [2.75, 3.05) is 5.73 Å². The maximum atomic E-state index is 12.2. The van der Waals surface area contributed by atoms with Crippen molar-refractivity contribution in [2.24, 2.45) is 7.05 Å². The number of carbonyl (C=O) groups excluding carboxylic acids is 1. The molecule has 0 bridgehead atoms. The monoisotopic (exact) mass is 288 g/mol. The number of nitrogens with zero attached hydrogens (tertiary/aromatic N) is 2. The smallest absolute Gasteiger partial charge is 0.271 e. The van der Waals surface area contributed by atoms with E-state index in [1.165, 1.54) is 4.68 Å². The van der Waals surface area contributed by atoms with E-state index in [-0.39, 0.29) is 12.5 Å². The number of carbonyl (C=O) groups is 1. The summed E-state index contributed by atoms with van der Waals surface area (Å²) in [7, 11) is 1.71. The number of aromatic nitrogens is 2. The molecule has 0 aliphatic rings. The molecule has 6 heteroatoms. The average Bonchev–Trinajstić information content (AvgIpc) is 2.79. The van der Waals surface area contributed by atoms with Crippen molar-refractivity contribution < 1.29 is 9.90 Å². The quantitative estimate of drug-likeness (QED) is 0.765. The fourth-order valence-corrected chi connectivity index (χ4v) is 2.15. The second-order valence-corrected chi connectivity index (χ2v) is 4.84. The van der Waals surface area contributed by atoms with Crippen LogP contribution in [-0.2, 0) is 26.6 Å². The molecule has 112 valence electrons. The number of rotatable bonds is 5. The minimum Gasteiger partial charge on any atom is -0.395 e. The third-order valence-electron chi connectivity index (χ3n) is 3.37. The zero-order valence-electron chi connectivity index (χ0n) is 12.3. The van der Waals surface area contributed by atoms with Crippen LogP contribution in [0.25, 0.3) is 0 Å². The summed E-state index contributed by atoms with van der Waals surface area (Å²) in [5, 5.41) is 16.0. The molecule has 6 nitrogen and oxygen atoms in total. The number of aryl methyl sites for hydroxylation is 2. The van der Waals surface area contributed by atoms with Crippen LogP contribution in [0.4, 0.5) is 5.69 Å². The first kappa shape index (κ1) is 15.1. The largest absolute Gasteiger partial charge is 0.395 e. The van der Waals surface area contributed by atoms with Gasteiger partial charge in [-0.05, 0) is 17.5 Å². The van der Waals surface area contributed by atoms with Crippen LogP contribution in [0.1, 0.15) is 34.2 Å². The summed E-state index contributed by atoms with van der Waals surface area (Å²) < 4.78 is 1.51. The fraction of sp³-hybridized carbons (Fsp3) is 0.333. The summed E-state index contributed by atoms with van der Waals surface area (Å²) in [5.74, 6) is -0.242. The average molecular weight is 288 g/mol. The molecule has 0 saturated heterocycles. The molecule has 0 radical (unpaired) electrons. The Labute approximate surface area is 123 Å². The molecule has 0 aliphatic heterocycles. The molecule has 0 unspecified atom stereocenters. The van der Waals surface area contributed by atoms with Gasteiger partial charge in [-0.15, -0.1) is 0 Å². The third kappa shape index (κ3) is 3.22. The minimum absolute atomic E-state index is 0.0119. The van der Waals surface area contributed by atoms with Crippen molar-refractivity contribution in [3.8, 4) is 0 Å². The van der Waals surface area contributed by atoms with Crippen molar-refractivity contribution in [1.82, 2.24) is 15.1 Å². The number of benzene rings is 1. The van der Waals surface area contributed by atoms with Crippen LogP contribution in [0, 0.1) is 0 Å². The zero-order valence-corrected chi connectivity index (χ0v) is 12.3. The zero-order chi connectivity index (χ0) is 15.4. The van der Waals surface area contributed by atoms with E-state index < -0.39 is 0 Å². The van der Waals surface area contributed by atoms with Crippen LogP contribution in [0.2, 0.25) is 0 Å². The Morgan fingerprint density at radius 1 is 1.33 bits per heavy atom. The van der Waals surface area contributed by atoms with E-state index in [1.54, 1.807) is 7.05 Å². The highest BCUT2D eigenvalue weighted by atomic mass is 16.3. The SMILES string of the molecule is CCc1nn(C)c(C(=O)NCc2ccc(CO)cc2)c1N. The van der Waals surface area contributed by atoms with Gasteiger partial charge in [0.15, 0.2) is 0 Å². The van der Waals surface area contributed by atoms with Gasteiger partial charge in [-0.3, -0.25) is 9.48 Å². The van der Waals surface area contributed by atoms with Crippen LogP contribution < -0.4 is 11.1 Å². The number of amides is 1. The van der Waals surface area contributed by atoms with E-state index in [0.717, 1.165) is 16.8 Å². The number of aliphatic hydroxyl groups is 1. The summed E-state index contributed by atoms with van der Waals surface area (Å²) in [6.07, 6.45) is 0.690. The molecular formula is C15H20N4O2. The molecule has 0 fully saturated rings. The molecule has 21 heavy (non-hydrogen) atoms. The van der Waals surface area contributed by atoms with Gasteiger partial charge in [0.1, 0.15) is 5.69 Å². The molecule has 4 N–H and O–H groups in total. The Morgan fingerprint density at radius 2 is 1.95 bits per heavy atom. The van der Waals surface area contributed by atoms with E-state index in [9.17, 15) is 4.79 Å². The van der Waals surface area contributed by atoms with Crippen molar-refractivity contribution in [3.63, 3.8) is 0 Å². The molecule has 1 heterocycles. The number of hydrogen-bond donors (Lipinski definition) is 3. The van der Waals surface area contributed by atoms with E-state index >= 15 is 0 Å². The number of hydrogen-bond acceptors (Lipinski definition) is 4. The molecule has 1 aromatic heterocycles. The number of nitrogens with one attached hydrogen (secondary N) is 1. The maximum Gasteiger partial charge on any atom is 0.271 e. The van der Waals surface area contributed by atoms with Crippen LogP contribution in [0.15, 0.2) is 24.3 Å². The standard InChI is InChI=1S/C15H20N4O2/c1-3-12-13(16)14(19(2)18-12)15(21)17-8-10-4-6-11(9-20)7-5-10/h4-7,20H,3,8-9,16H2,1-2H3,(H,17,21). The van der Waals surface area contributed by atoms with Crippen LogP contribution >= 0.6 is 0 Å². The van der Waals surface area contributed by atoms with Gasteiger partial charge in [0.05, 0.1) is 18.0 Å². The van der Waals surface area contributed by atoms with Crippen LogP contribution in [-0.4, -0.2) is 20.8 Å². The Kier molecular flexibility index (Phi) is 4.59. The molecule has 1 aromatic carbocycles. The first-order valence-corrected chi connectivity index (χ1v) is 6.85. The predicted octanol–water partition coefficient (Wildman–Crippen LogP) is 0.987. The Morgan fingerprint density at radius 3 is 2.48 bits per heavy atom. The molecule has 0 atom stereocenters. The molecule has 2 rings (SSSR count). The Balaban J connectivity index is 2.06. The second-order valence-electron chi connectivity index (χ2n) is 4.84. The summed E-state index contributed by atoms with van der Waals surface area (Å²) in [4.78, 5) is 12.2. The highest BCUT2D eigenvalue weighted by molar-refractivity contribution is 5.97. The minimum atomic E-state index is -0.242. The lowest BCUT2D eigenvalue weighted by molar-refractivity contribution is 0.0942. The Bertz CT molecular complexity index is 632. The topological polar surface area (TPSA) is 93.2 Å². The van der Waals surface area contributed by atoms with E-state index in [2.05, 4.69) is 10.4 Å². The lowest BCUT2D eigenvalue weighted by Gasteiger charge is -2.07. The lowest BCUT2D eigenvalue weighted by Crippen LogP contribution is -2.26. The summed E-state index contributed by atoms with van der Waals surface area (Å²) in [6.45, 7) is 2.36. The summed E-state index contributed by atoms with van der Waals surface area (Å²) in [6, 6.07) is 7.40. The van der Waals surface area contributed by atoms with Gasteiger partial charge >= 0.3 is 0 Å². The van der Waals surface area contributed by atoms with Crippen molar-refractivity contribution >= 4 is 11.6 Å². The highest BCUT2D eigenvalue weighted by Gasteiger charge is 2.18. The van der Waals surface area contributed by atoms with E-state index in [1.807, 2.05) is 31.2 Å². The molecule has 0 saturated carbocycles. The lowest BCUT2D eigenvalue weighted by atomic mass is 10.1. The van der Waals surface area contributed by atoms with Gasteiger partial charge in [0.25, 0.3) is 5.91 Å². The first-order chi connectivity index (χ1) is 10.1. The molecule has 2 aromatic rings. The van der Waals surface area contributed by atoms with Gasteiger partial charge in [-0.2, -0.15) is 5.10 Å². The summed E-state index contributed by atoms with van der Waals surface area (Å²) >= 11 is 0. The summed E-state index contributed by atoms with van der Waals surface area (Å²) in [5.41, 5.74) is 9.30. The van der Waals surface area contributed by atoms with E-state index in [0.29, 0.717) is 24.3 Å². The van der Waals surface area contributed by atoms with Gasteiger partial charge in [0, 0.05) is 13.6 Å². The predicted molar refractivity (Wildman–Crippen MR) is 80.5 cm³/mol. The third-order valence-corrected chi connectivity index (χ3v) is 3.37. The van der Waals surface area contributed by atoms with Gasteiger partial charge in [-0.1, -0.05) is 31.2 Å². The van der Waals surface area contributed by atoms with Gasteiger partial charge < -0.3 is 16.2 Å². The fourth-order valence-electron chi connectivity index (χ4n) is 2.15. The van der Waals surface area contributed by atoms with Crippen molar-refractivity contribution in [2.45, 2.75) is 26.5 Å². The van der Waals surface area contributed by atoms with Gasteiger partial charge in [-0.25, -0.2) is 0 Å². The van der Waals surface area contributed by atoms with Gasteiger partial charge in [0.2, 0.25) is 0 Å². The molecule has 0 aliphatic carbocycles. The first-order valence-electron chi connectivity index (χ1n) is 6.85. The number of nitrogens with two attached hydrogens (primary N) is 1. The number of aliphatic hydroxyl groups excluding tert-OH is 1. The normalized spacial score (nSPS) is 10.6. The van der Waals surface area contributed by atoms with Crippen LogP contribution in [0.3, 0.4) is 0 Å². The van der Waals surface area contributed by atoms with Crippen molar-refractivity contribution in [1.29, 1.82) is 0 Å². The molecule has 1 amide bonds. The van der Waals surface area contributed by atoms with Crippen LogP contribution in [0.5, 0.6) is 0 Å². The number of nitrogen functional groups attached to an aromatic ring is 1. The van der Waals surface area contributed by atoms with E-state index in [4.69, 9.17) is 10.8 Å². The van der Waals surface area contributed by atoms with Crippen molar-refractivity contribution in [3.05, 3.63) is 46.8 Å². The maximum absolute atomic E-state index is 12.2. The molecular weight excluding hydrogens is 268 g/mol. The highest BCUT2D eigenvalue weighted by Crippen LogP contribution is 2.16. The second kappa shape index (κ2) is 6.41. The Hall–Kier alpha value is -2.34. The molecule has 0 spiro atoms. The number of anilines is 1.